The standard InChI is InChI=1S/C38H22N4/c39-23-25-16-17-38-34(20-25)33-12-3-6-15-37(33)41(38)29-9-7-8-27(21-29)28-18-26(24-40)19-30(22-28)42-35-13-4-1-10-31(35)32-11-2-5-14-36(32)42/h1-5,7-14,16-22,31,35H. The molecule has 0 spiro atoms. The van der Waals surface area contributed by atoms with E-state index < -0.39 is 0 Å². The van der Waals surface area contributed by atoms with Gasteiger partial charge in [-0.3, -0.25) is 0 Å². The fraction of sp³-hybridized carbons (Fsp3) is 0.0526. The fourth-order valence-corrected chi connectivity index (χ4v) is 6.58. The van der Waals surface area contributed by atoms with E-state index >= 15 is 0 Å². The van der Waals surface area contributed by atoms with Gasteiger partial charge in [-0.2, -0.15) is 10.5 Å². The highest BCUT2D eigenvalue weighted by atomic mass is 15.2. The number of hydrogen-bond donors (Lipinski definition) is 0. The molecule has 0 radical (unpaired) electrons. The summed E-state index contributed by atoms with van der Waals surface area (Å²) in [6, 6.07) is 43.9. The second-order valence-corrected chi connectivity index (χ2v) is 10.7. The van der Waals surface area contributed by atoms with E-state index in [1.165, 1.54) is 11.3 Å². The Bertz CT molecular complexity index is 2200. The first kappa shape index (κ1) is 23.8. The fourth-order valence-electron chi connectivity index (χ4n) is 6.58. The first-order chi connectivity index (χ1) is 20.7. The summed E-state index contributed by atoms with van der Waals surface area (Å²) in [5, 5.41) is 21.6. The smallest absolute Gasteiger partial charge is 0.105 e. The van der Waals surface area contributed by atoms with Crippen molar-refractivity contribution in [3.8, 4) is 29.0 Å². The Hall–Kier alpha value is -6.02. The van der Waals surface area contributed by atoms with Gasteiger partial charge in [0.2, 0.25) is 0 Å². The number of aromatic nitrogens is 1. The summed E-state index contributed by atoms with van der Waals surface area (Å²) in [6.45, 7) is 0. The Morgan fingerprint density at radius 1 is 0.690 bits per heavy atom. The molecule has 42 heavy (non-hydrogen) atoms. The average molecular weight is 535 g/mol. The Kier molecular flexibility index (Phi) is 5.26. The molecule has 2 aliphatic rings. The minimum atomic E-state index is 0.156. The third-order valence-electron chi connectivity index (χ3n) is 8.38. The van der Waals surface area contributed by atoms with E-state index in [0.717, 1.165) is 44.3 Å². The number of nitrogens with zero attached hydrogens (tertiary/aromatic N) is 4. The maximum Gasteiger partial charge on any atom is 0.105 e. The molecule has 2 atom stereocenters. The van der Waals surface area contributed by atoms with Crippen LogP contribution in [0, 0.1) is 34.8 Å². The van der Waals surface area contributed by atoms with Gasteiger partial charge in [-0.25, -0.2) is 0 Å². The third kappa shape index (κ3) is 3.55. The van der Waals surface area contributed by atoms with Crippen LogP contribution < -0.4 is 4.90 Å². The Labute approximate surface area is 243 Å². The molecule has 2 unspecified atom stereocenters. The minimum Gasteiger partial charge on any atom is -0.333 e. The van der Waals surface area contributed by atoms with Crippen molar-refractivity contribution in [1.29, 1.82) is 10.5 Å². The summed E-state index contributed by atoms with van der Waals surface area (Å²) >= 11 is 0. The number of allylic oxidation sites excluding steroid dienone is 2. The van der Waals surface area contributed by atoms with E-state index in [4.69, 9.17) is 0 Å². The van der Waals surface area contributed by atoms with Crippen LogP contribution in [0.15, 0.2) is 121 Å². The lowest BCUT2D eigenvalue weighted by Gasteiger charge is -2.29. The van der Waals surface area contributed by atoms with Gasteiger partial charge in [-0.05, 0) is 89.5 Å². The van der Waals surface area contributed by atoms with Crippen molar-refractivity contribution < 1.29 is 0 Å². The first-order valence-corrected chi connectivity index (χ1v) is 13.9. The van der Waals surface area contributed by atoms with E-state index in [-0.39, 0.29) is 12.0 Å². The van der Waals surface area contributed by atoms with Crippen LogP contribution in [0.2, 0.25) is 0 Å². The summed E-state index contributed by atoms with van der Waals surface area (Å²) in [4.78, 5) is 2.36. The van der Waals surface area contributed by atoms with Crippen molar-refractivity contribution in [3.05, 3.63) is 150 Å². The van der Waals surface area contributed by atoms with Gasteiger partial charge in [0.05, 0.1) is 34.8 Å². The predicted octanol–water partition coefficient (Wildman–Crippen LogP) is 8.52. The molecule has 1 aliphatic heterocycles. The van der Waals surface area contributed by atoms with Gasteiger partial charge in [0.1, 0.15) is 5.52 Å². The first-order valence-electron chi connectivity index (χ1n) is 13.9. The van der Waals surface area contributed by atoms with Gasteiger partial charge >= 0.3 is 0 Å². The van der Waals surface area contributed by atoms with Crippen molar-refractivity contribution in [2.75, 3.05) is 4.90 Å². The number of rotatable bonds is 3. The van der Waals surface area contributed by atoms with Crippen LogP contribution in [0.3, 0.4) is 0 Å². The van der Waals surface area contributed by atoms with Crippen LogP contribution in [-0.4, -0.2) is 10.6 Å². The van der Waals surface area contributed by atoms with Crippen LogP contribution in [0.4, 0.5) is 11.4 Å². The minimum absolute atomic E-state index is 0.156. The van der Waals surface area contributed by atoms with Gasteiger partial charge in [-0.1, -0.05) is 60.7 Å². The molecule has 0 saturated carbocycles. The van der Waals surface area contributed by atoms with Crippen molar-refractivity contribution in [2.24, 2.45) is 0 Å². The molecule has 2 heterocycles. The SMILES string of the molecule is N#Cc1cc(-c2cccc(-n3c4c#cccc4c4cc(C#N)ccc43)c2)cc(N2c3ccccc3C3C=CC=CC32)c1. The summed E-state index contributed by atoms with van der Waals surface area (Å²) in [5.74, 6) is 0.272. The third-order valence-corrected chi connectivity index (χ3v) is 8.38. The van der Waals surface area contributed by atoms with E-state index in [9.17, 15) is 10.5 Å². The van der Waals surface area contributed by atoms with E-state index in [0.29, 0.717) is 11.1 Å². The molecule has 0 N–H and O–H groups in total. The zero-order valence-electron chi connectivity index (χ0n) is 22.5. The number of fused-ring (bicyclic) bond motifs is 6. The Balaban J connectivity index is 1.29. The number of para-hydroxylation sites is 1. The molecule has 4 nitrogen and oxygen atoms in total. The summed E-state index contributed by atoms with van der Waals surface area (Å²) in [5.41, 5.74) is 9.58. The molecular formula is C38H22N4. The van der Waals surface area contributed by atoms with Gasteiger partial charge in [0, 0.05) is 33.8 Å². The molecule has 0 saturated heterocycles. The quantitative estimate of drug-likeness (QED) is 0.229. The molecule has 6 aromatic rings. The molecular weight excluding hydrogens is 512 g/mol. The van der Waals surface area contributed by atoms with Crippen molar-refractivity contribution in [1.82, 2.24) is 4.57 Å². The highest BCUT2D eigenvalue weighted by Crippen LogP contribution is 2.48. The number of benzene rings is 4. The molecule has 0 amide bonds. The second-order valence-electron chi connectivity index (χ2n) is 10.7. The molecule has 1 aliphatic carbocycles. The molecule has 0 fully saturated rings. The molecule has 194 valence electrons. The van der Waals surface area contributed by atoms with Crippen LogP contribution in [0.25, 0.3) is 38.6 Å². The van der Waals surface area contributed by atoms with Crippen molar-refractivity contribution in [3.63, 3.8) is 0 Å². The van der Waals surface area contributed by atoms with E-state index in [1.807, 2.05) is 48.5 Å². The summed E-state index contributed by atoms with van der Waals surface area (Å²) in [7, 11) is 0. The number of nitriles is 2. The van der Waals surface area contributed by atoms with Gasteiger partial charge < -0.3 is 9.47 Å². The van der Waals surface area contributed by atoms with Crippen LogP contribution >= 0.6 is 0 Å². The molecule has 1 aromatic heterocycles. The Morgan fingerprint density at radius 2 is 1.55 bits per heavy atom. The highest BCUT2D eigenvalue weighted by Gasteiger charge is 2.37. The molecule has 8 rings (SSSR count). The zero-order valence-corrected chi connectivity index (χ0v) is 22.5. The lowest BCUT2D eigenvalue weighted by atomic mass is 9.91. The van der Waals surface area contributed by atoms with Gasteiger partial charge in [0.15, 0.2) is 0 Å². The maximum atomic E-state index is 10.1. The van der Waals surface area contributed by atoms with E-state index in [1.54, 1.807) is 0 Å². The zero-order chi connectivity index (χ0) is 28.2. The van der Waals surface area contributed by atoms with Crippen molar-refractivity contribution >= 4 is 33.2 Å². The topological polar surface area (TPSA) is 55.8 Å². The molecule has 4 heteroatoms. The van der Waals surface area contributed by atoms with Crippen molar-refractivity contribution in [2.45, 2.75) is 12.0 Å². The lowest BCUT2D eigenvalue weighted by Crippen LogP contribution is -2.28. The van der Waals surface area contributed by atoms with Crippen LogP contribution in [0.5, 0.6) is 0 Å². The van der Waals surface area contributed by atoms with Crippen LogP contribution in [0.1, 0.15) is 22.6 Å². The monoisotopic (exact) mass is 534 g/mol. The average Bonchev–Trinajstić information content (AvgIpc) is 3.57. The largest absolute Gasteiger partial charge is 0.333 e. The molecule has 5 aromatic carbocycles. The summed E-state index contributed by atoms with van der Waals surface area (Å²) < 4.78 is 2.17. The predicted molar refractivity (Wildman–Crippen MR) is 167 cm³/mol. The second kappa shape index (κ2) is 9.28. The number of anilines is 2. The normalized spacial score (nSPS) is 16.6. The van der Waals surface area contributed by atoms with Gasteiger partial charge in [0.25, 0.3) is 0 Å². The number of hydrogen-bond acceptors (Lipinski definition) is 3. The van der Waals surface area contributed by atoms with E-state index in [2.05, 4.69) is 107 Å². The maximum absolute atomic E-state index is 10.1. The van der Waals surface area contributed by atoms with Crippen LogP contribution in [-0.2, 0) is 0 Å². The Morgan fingerprint density at radius 3 is 2.45 bits per heavy atom. The summed E-state index contributed by atoms with van der Waals surface area (Å²) in [6.07, 6.45) is 8.74. The molecule has 0 bridgehead atoms. The van der Waals surface area contributed by atoms with Gasteiger partial charge in [-0.15, -0.1) is 0 Å². The highest BCUT2D eigenvalue weighted by molar-refractivity contribution is 6.09. The lowest BCUT2D eigenvalue weighted by molar-refractivity contribution is 0.745.